The van der Waals surface area contributed by atoms with Crippen LogP contribution < -0.4 is 20.5 Å². The minimum atomic E-state index is -0.877. The van der Waals surface area contributed by atoms with Gasteiger partial charge in [0.25, 0.3) is 0 Å². The van der Waals surface area contributed by atoms with Crippen molar-refractivity contribution in [1.82, 2.24) is 5.32 Å². The molecular weight excluding hydrogens is 360 g/mol. The molecule has 0 saturated carbocycles. The molecule has 150 valence electrons. The largest absolute Gasteiger partial charge is 0.496 e. The van der Waals surface area contributed by atoms with Crippen molar-refractivity contribution in [3.05, 3.63) is 59.7 Å². The summed E-state index contributed by atoms with van der Waals surface area (Å²) in [6.07, 6.45) is 0.502. The molecule has 0 fully saturated rings. The molecule has 0 aromatic heterocycles. The molecule has 7 heteroatoms. The second kappa shape index (κ2) is 10.3. The maximum atomic E-state index is 12.6. The molecule has 7 nitrogen and oxygen atoms in total. The maximum absolute atomic E-state index is 12.6. The molecule has 0 saturated heterocycles. The van der Waals surface area contributed by atoms with E-state index in [4.69, 9.17) is 19.9 Å². The van der Waals surface area contributed by atoms with Crippen LogP contribution in [-0.2, 0) is 27.2 Å². The van der Waals surface area contributed by atoms with Crippen LogP contribution in [-0.4, -0.2) is 45.3 Å². The van der Waals surface area contributed by atoms with Gasteiger partial charge in [-0.05, 0) is 23.3 Å². The van der Waals surface area contributed by atoms with E-state index in [0.29, 0.717) is 11.5 Å². The van der Waals surface area contributed by atoms with Crippen LogP contribution in [0.5, 0.6) is 11.5 Å². The summed E-state index contributed by atoms with van der Waals surface area (Å²) in [5.41, 5.74) is 7.66. The van der Waals surface area contributed by atoms with Gasteiger partial charge in [0, 0.05) is 12.8 Å². The zero-order valence-corrected chi connectivity index (χ0v) is 16.3. The first-order valence-electron chi connectivity index (χ1n) is 8.87. The molecule has 0 unspecified atom stereocenters. The molecule has 0 aliphatic rings. The first-order chi connectivity index (χ1) is 13.5. The Morgan fingerprint density at radius 3 is 1.89 bits per heavy atom. The highest BCUT2D eigenvalue weighted by atomic mass is 16.5. The van der Waals surface area contributed by atoms with Gasteiger partial charge >= 0.3 is 5.97 Å². The molecule has 0 heterocycles. The van der Waals surface area contributed by atoms with Crippen LogP contribution in [0.4, 0.5) is 0 Å². The van der Waals surface area contributed by atoms with E-state index >= 15 is 0 Å². The van der Waals surface area contributed by atoms with E-state index in [0.717, 1.165) is 11.1 Å². The lowest BCUT2D eigenvalue weighted by Crippen LogP contribution is -2.50. The second-order valence-corrected chi connectivity index (χ2v) is 6.22. The van der Waals surface area contributed by atoms with Crippen molar-refractivity contribution in [3.8, 4) is 11.5 Å². The molecule has 0 spiro atoms. The Hall–Kier alpha value is -3.06. The number of para-hydroxylation sites is 2. The molecule has 1 amide bonds. The Labute approximate surface area is 164 Å². The average Bonchev–Trinajstić information content (AvgIpc) is 2.73. The third-order valence-corrected chi connectivity index (χ3v) is 4.39. The number of nitrogens with two attached hydrogens (primary N) is 1. The summed E-state index contributed by atoms with van der Waals surface area (Å²) in [4.78, 5) is 24.8. The first kappa shape index (κ1) is 21.2. The van der Waals surface area contributed by atoms with E-state index in [1.165, 1.54) is 7.11 Å². The second-order valence-electron chi connectivity index (χ2n) is 6.22. The molecule has 0 radical (unpaired) electrons. The highest BCUT2D eigenvalue weighted by Crippen LogP contribution is 2.20. The van der Waals surface area contributed by atoms with Gasteiger partial charge in [-0.25, -0.2) is 4.79 Å². The maximum Gasteiger partial charge on any atom is 0.328 e. The van der Waals surface area contributed by atoms with Crippen LogP contribution >= 0.6 is 0 Å². The summed E-state index contributed by atoms with van der Waals surface area (Å²) in [5.74, 6) is 0.285. The molecule has 0 aliphatic heterocycles. The van der Waals surface area contributed by atoms with Crippen LogP contribution in [0, 0.1) is 0 Å². The zero-order valence-electron chi connectivity index (χ0n) is 16.3. The molecule has 0 aliphatic carbocycles. The van der Waals surface area contributed by atoms with E-state index in [1.54, 1.807) is 26.4 Å². The number of hydrogen-bond donors (Lipinski definition) is 2. The zero-order chi connectivity index (χ0) is 20.5. The summed E-state index contributed by atoms with van der Waals surface area (Å²) in [6, 6.07) is 12.9. The number of carbonyl (C=O) groups is 2. The molecule has 2 aromatic rings. The fourth-order valence-electron chi connectivity index (χ4n) is 2.91. The van der Waals surface area contributed by atoms with Gasteiger partial charge in [-0.1, -0.05) is 36.4 Å². The van der Waals surface area contributed by atoms with Crippen molar-refractivity contribution in [2.45, 2.75) is 24.9 Å². The highest BCUT2D eigenvalue weighted by Gasteiger charge is 2.26. The van der Waals surface area contributed by atoms with Gasteiger partial charge < -0.3 is 25.3 Å². The van der Waals surface area contributed by atoms with Crippen LogP contribution in [0.2, 0.25) is 0 Å². The number of rotatable bonds is 9. The van der Waals surface area contributed by atoms with Crippen LogP contribution in [0.1, 0.15) is 11.1 Å². The molecule has 28 heavy (non-hydrogen) atoms. The van der Waals surface area contributed by atoms with E-state index < -0.39 is 24.0 Å². The smallest absolute Gasteiger partial charge is 0.328 e. The van der Waals surface area contributed by atoms with Crippen molar-refractivity contribution in [3.63, 3.8) is 0 Å². The summed E-state index contributed by atoms with van der Waals surface area (Å²) >= 11 is 0. The SMILES string of the molecule is COC(=O)[C@@H](Cc1ccccc1OC)NC(=O)[C@@H](N)Cc1ccccc1OC. The highest BCUT2D eigenvalue weighted by molar-refractivity contribution is 5.87. The Morgan fingerprint density at radius 2 is 1.39 bits per heavy atom. The quantitative estimate of drug-likeness (QED) is 0.633. The van der Waals surface area contributed by atoms with Crippen molar-refractivity contribution in [1.29, 1.82) is 0 Å². The van der Waals surface area contributed by atoms with E-state index in [1.807, 2.05) is 36.4 Å². The predicted octanol–water partition coefficient (Wildman–Crippen LogP) is 1.47. The van der Waals surface area contributed by atoms with E-state index in [9.17, 15) is 9.59 Å². The molecule has 0 bridgehead atoms. The number of hydrogen-bond acceptors (Lipinski definition) is 6. The van der Waals surface area contributed by atoms with Gasteiger partial charge in [-0.3, -0.25) is 4.79 Å². The predicted molar refractivity (Wildman–Crippen MR) is 105 cm³/mol. The van der Waals surface area contributed by atoms with Gasteiger partial charge in [0.1, 0.15) is 17.5 Å². The lowest BCUT2D eigenvalue weighted by Gasteiger charge is -2.20. The van der Waals surface area contributed by atoms with Crippen LogP contribution in [0.25, 0.3) is 0 Å². The number of ether oxygens (including phenoxy) is 3. The Balaban J connectivity index is 2.10. The Bertz CT molecular complexity index is 809. The molecule has 3 N–H and O–H groups in total. The molecule has 2 aromatic carbocycles. The summed E-state index contributed by atoms with van der Waals surface area (Å²) in [7, 11) is 4.39. The van der Waals surface area contributed by atoms with Crippen molar-refractivity contribution >= 4 is 11.9 Å². The fourth-order valence-corrected chi connectivity index (χ4v) is 2.91. The minimum Gasteiger partial charge on any atom is -0.496 e. The average molecular weight is 386 g/mol. The van der Waals surface area contributed by atoms with Crippen molar-refractivity contribution in [2.24, 2.45) is 5.73 Å². The van der Waals surface area contributed by atoms with Gasteiger partial charge in [-0.15, -0.1) is 0 Å². The third kappa shape index (κ3) is 5.47. The summed E-state index contributed by atoms with van der Waals surface area (Å²) in [6.45, 7) is 0. The lowest BCUT2D eigenvalue weighted by molar-refractivity contribution is -0.145. The molecule has 2 atom stereocenters. The van der Waals surface area contributed by atoms with E-state index in [2.05, 4.69) is 5.32 Å². The van der Waals surface area contributed by atoms with Crippen molar-refractivity contribution in [2.75, 3.05) is 21.3 Å². The number of carbonyl (C=O) groups excluding carboxylic acids is 2. The standard InChI is InChI=1S/C21H26N2O5/c1-26-18-10-6-4-8-14(18)12-16(22)20(24)23-17(21(25)28-3)13-15-9-5-7-11-19(15)27-2/h4-11,16-17H,12-13,22H2,1-3H3,(H,23,24)/t16-,17+/m0/s1. The Morgan fingerprint density at radius 1 is 0.893 bits per heavy atom. The Kier molecular flexibility index (Phi) is 7.83. The monoisotopic (exact) mass is 386 g/mol. The summed E-state index contributed by atoms with van der Waals surface area (Å²) in [5, 5.41) is 2.69. The number of amides is 1. The number of nitrogens with one attached hydrogen (secondary N) is 1. The number of benzene rings is 2. The number of esters is 1. The number of methoxy groups -OCH3 is 3. The van der Waals surface area contributed by atoms with Crippen LogP contribution in [0.3, 0.4) is 0 Å². The first-order valence-corrected chi connectivity index (χ1v) is 8.87. The topological polar surface area (TPSA) is 99.9 Å². The third-order valence-electron chi connectivity index (χ3n) is 4.39. The van der Waals surface area contributed by atoms with Gasteiger partial charge in [0.15, 0.2) is 0 Å². The van der Waals surface area contributed by atoms with Crippen LogP contribution in [0.15, 0.2) is 48.5 Å². The van der Waals surface area contributed by atoms with Gasteiger partial charge in [0.2, 0.25) is 5.91 Å². The van der Waals surface area contributed by atoms with E-state index in [-0.39, 0.29) is 12.8 Å². The van der Waals surface area contributed by atoms with Gasteiger partial charge in [0.05, 0.1) is 27.4 Å². The normalized spacial score (nSPS) is 12.6. The minimum absolute atomic E-state index is 0.226. The summed E-state index contributed by atoms with van der Waals surface area (Å²) < 4.78 is 15.4. The fraction of sp³-hybridized carbons (Fsp3) is 0.333. The van der Waals surface area contributed by atoms with Crippen molar-refractivity contribution < 1.29 is 23.8 Å². The lowest BCUT2D eigenvalue weighted by atomic mass is 10.0. The molecular formula is C21H26N2O5. The van der Waals surface area contributed by atoms with Gasteiger partial charge in [-0.2, -0.15) is 0 Å². The molecule has 2 rings (SSSR count).